The van der Waals surface area contributed by atoms with Gasteiger partial charge in [0, 0.05) is 24.9 Å². The van der Waals surface area contributed by atoms with Crippen molar-refractivity contribution in [2.45, 2.75) is 25.8 Å². The Morgan fingerprint density at radius 1 is 0.962 bits per heavy atom. The van der Waals surface area contributed by atoms with Gasteiger partial charge in [0.1, 0.15) is 5.75 Å². The molecule has 1 fully saturated rings. The van der Waals surface area contributed by atoms with Crippen molar-refractivity contribution in [1.29, 1.82) is 0 Å². The Morgan fingerprint density at radius 3 is 2.58 bits per heavy atom. The molecule has 1 saturated heterocycles. The van der Waals surface area contributed by atoms with Gasteiger partial charge in [0.25, 0.3) is 0 Å². The highest BCUT2D eigenvalue weighted by Gasteiger charge is 2.13. The zero-order valence-corrected chi connectivity index (χ0v) is 14.9. The molecule has 5 heteroatoms. The SMILES string of the molecule is Oc1ccccc1C=Nc1nc2ccccc2n1CCN1CCCCC1. The minimum Gasteiger partial charge on any atom is -0.507 e. The molecule has 5 nitrogen and oxygen atoms in total. The van der Waals surface area contributed by atoms with Gasteiger partial charge >= 0.3 is 0 Å². The molecule has 4 rings (SSSR count). The van der Waals surface area contributed by atoms with Crippen molar-refractivity contribution in [2.75, 3.05) is 19.6 Å². The van der Waals surface area contributed by atoms with Crippen LogP contribution in [0.4, 0.5) is 5.95 Å². The quantitative estimate of drug-likeness (QED) is 0.710. The summed E-state index contributed by atoms with van der Waals surface area (Å²) in [5.41, 5.74) is 2.76. The lowest BCUT2D eigenvalue weighted by Gasteiger charge is -2.26. The predicted octanol–water partition coefficient (Wildman–Crippen LogP) is 3.98. The first-order valence-corrected chi connectivity index (χ1v) is 9.31. The van der Waals surface area contributed by atoms with Gasteiger partial charge in [0.2, 0.25) is 5.95 Å². The van der Waals surface area contributed by atoms with Crippen LogP contribution in [0, 0.1) is 0 Å². The number of rotatable bonds is 5. The molecule has 26 heavy (non-hydrogen) atoms. The summed E-state index contributed by atoms with van der Waals surface area (Å²) in [6.07, 6.45) is 5.63. The van der Waals surface area contributed by atoms with E-state index in [1.54, 1.807) is 18.3 Å². The van der Waals surface area contributed by atoms with E-state index in [4.69, 9.17) is 0 Å². The van der Waals surface area contributed by atoms with Crippen LogP contribution in [0.3, 0.4) is 0 Å². The first-order valence-electron chi connectivity index (χ1n) is 9.31. The number of para-hydroxylation sites is 3. The number of aromatic nitrogens is 2. The fourth-order valence-electron chi connectivity index (χ4n) is 3.53. The van der Waals surface area contributed by atoms with Gasteiger partial charge in [0.05, 0.1) is 11.0 Å². The Kier molecular flexibility index (Phi) is 4.97. The van der Waals surface area contributed by atoms with E-state index in [0.29, 0.717) is 11.5 Å². The molecule has 2 heterocycles. The third-order valence-electron chi connectivity index (χ3n) is 4.98. The topological polar surface area (TPSA) is 53.7 Å². The van der Waals surface area contributed by atoms with Crippen molar-refractivity contribution in [1.82, 2.24) is 14.5 Å². The number of benzene rings is 2. The average molecular weight is 348 g/mol. The highest BCUT2D eigenvalue weighted by Crippen LogP contribution is 2.23. The van der Waals surface area contributed by atoms with Crippen molar-refractivity contribution >= 4 is 23.2 Å². The summed E-state index contributed by atoms with van der Waals surface area (Å²) in [6, 6.07) is 15.4. The highest BCUT2D eigenvalue weighted by atomic mass is 16.3. The number of piperidine rings is 1. The molecule has 0 aliphatic carbocycles. The average Bonchev–Trinajstić information content (AvgIpc) is 3.04. The van der Waals surface area contributed by atoms with Gasteiger partial charge in [-0.15, -0.1) is 0 Å². The van der Waals surface area contributed by atoms with Crippen molar-refractivity contribution in [3.05, 3.63) is 54.1 Å². The molecule has 1 N–H and O–H groups in total. The fraction of sp³-hybridized carbons (Fsp3) is 0.333. The van der Waals surface area contributed by atoms with E-state index in [0.717, 1.165) is 24.1 Å². The molecule has 3 aromatic rings. The lowest BCUT2D eigenvalue weighted by Crippen LogP contribution is -2.32. The van der Waals surface area contributed by atoms with Gasteiger partial charge in [-0.05, 0) is 50.2 Å². The predicted molar refractivity (Wildman–Crippen MR) is 105 cm³/mol. The number of likely N-dealkylation sites (tertiary alicyclic amines) is 1. The lowest BCUT2D eigenvalue weighted by molar-refractivity contribution is 0.222. The second kappa shape index (κ2) is 7.70. The molecule has 1 aliphatic heterocycles. The van der Waals surface area contributed by atoms with Crippen LogP contribution in [0.15, 0.2) is 53.5 Å². The second-order valence-corrected chi connectivity index (χ2v) is 6.77. The number of hydrogen-bond acceptors (Lipinski definition) is 4. The van der Waals surface area contributed by atoms with E-state index in [1.165, 1.54) is 32.4 Å². The van der Waals surface area contributed by atoms with E-state index in [-0.39, 0.29) is 5.75 Å². The van der Waals surface area contributed by atoms with Crippen LogP contribution in [-0.2, 0) is 6.54 Å². The van der Waals surface area contributed by atoms with Crippen LogP contribution in [0.25, 0.3) is 11.0 Å². The third kappa shape index (κ3) is 3.63. The van der Waals surface area contributed by atoms with Crippen LogP contribution in [0.1, 0.15) is 24.8 Å². The number of phenols is 1. The van der Waals surface area contributed by atoms with E-state index < -0.39 is 0 Å². The van der Waals surface area contributed by atoms with Crippen molar-refractivity contribution in [3.8, 4) is 5.75 Å². The summed E-state index contributed by atoms with van der Waals surface area (Å²) in [4.78, 5) is 11.8. The summed E-state index contributed by atoms with van der Waals surface area (Å²) >= 11 is 0. The molecule has 2 aromatic carbocycles. The molecule has 0 radical (unpaired) electrons. The van der Waals surface area contributed by atoms with Crippen molar-refractivity contribution in [2.24, 2.45) is 4.99 Å². The van der Waals surface area contributed by atoms with Crippen LogP contribution < -0.4 is 0 Å². The molecule has 0 unspecified atom stereocenters. The van der Waals surface area contributed by atoms with E-state index in [1.807, 2.05) is 30.3 Å². The van der Waals surface area contributed by atoms with E-state index in [9.17, 15) is 5.11 Å². The molecule has 134 valence electrons. The van der Waals surface area contributed by atoms with E-state index in [2.05, 4.69) is 25.5 Å². The maximum Gasteiger partial charge on any atom is 0.230 e. The number of aliphatic imine (C=N–C) groups is 1. The van der Waals surface area contributed by atoms with Crippen LogP contribution in [0.2, 0.25) is 0 Å². The molecule has 0 atom stereocenters. The summed E-state index contributed by atoms with van der Waals surface area (Å²) in [7, 11) is 0. The first kappa shape index (κ1) is 16.8. The minimum atomic E-state index is 0.229. The number of hydrogen-bond donors (Lipinski definition) is 1. The van der Waals surface area contributed by atoms with Gasteiger partial charge < -0.3 is 14.6 Å². The standard InChI is InChI=1S/C21H24N4O/c26-20-11-5-2-8-17(20)16-22-21-23-18-9-3-4-10-19(18)25(21)15-14-24-12-6-1-7-13-24/h2-5,8-11,16,26H,1,6-7,12-15H2. The maximum absolute atomic E-state index is 9.95. The zero-order chi connectivity index (χ0) is 17.8. The molecular weight excluding hydrogens is 324 g/mol. The number of nitrogens with zero attached hydrogens (tertiary/aromatic N) is 4. The van der Waals surface area contributed by atoms with E-state index >= 15 is 0 Å². The Balaban J connectivity index is 1.62. The third-order valence-corrected chi connectivity index (χ3v) is 4.98. The maximum atomic E-state index is 9.95. The fourth-order valence-corrected chi connectivity index (χ4v) is 3.53. The summed E-state index contributed by atoms with van der Waals surface area (Å²) in [5, 5.41) is 9.95. The summed E-state index contributed by atoms with van der Waals surface area (Å²) < 4.78 is 2.18. The van der Waals surface area contributed by atoms with Gasteiger partial charge in [-0.3, -0.25) is 0 Å². The highest BCUT2D eigenvalue weighted by molar-refractivity contribution is 5.86. The normalized spacial score (nSPS) is 15.8. The second-order valence-electron chi connectivity index (χ2n) is 6.77. The van der Waals surface area contributed by atoms with Gasteiger partial charge in [-0.25, -0.2) is 9.98 Å². The van der Waals surface area contributed by atoms with Gasteiger partial charge in [-0.1, -0.05) is 30.7 Å². The number of imidazole rings is 1. The Hall–Kier alpha value is -2.66. The minimum absolute atomic E-state index is 0.229. The molecule has 0 saturated carbocycles. The van der Waals surface area contributed by atoms with Crippen LogP contribution >= 0.6 is 0 Å². The van der Waals surface area contributed by atoms with Gasteiger partial charge in [-0.2, -0.15) is 0 Å². The monoisotopic (exact) mass is 348 g/mol. The molecule has 0 spiro atoms. The number of fused-ring (bicyclic) bond motifs is 1. The van der Waals surface area contributed by atoms with Crippen molar-refractivity contribution in [3.63, 3.8) is 0 Å². The van der Waals surface area contributed by atoms with Crippen LogP contribution in [0.5, 0.6) is 5.75 Å². The number of phenolic OH excluding ortho intramolecular Hbond substituents is 1. The zero-order valence-electron chi connectivity index (χ0n) is 14.9. The van der Waals surface area contributed by atoms with Gasteiger partial charge in [0.15, 0.2) is 0 Å². The summed E-state index contributed by atoms with van der Waals surface area (Å²) in [5.74, 6) is 0.915. The molecule has 0 amide bonds. The Bertz CT molecular complexity index is 909. The Labute approximate surface area is 153 Å². The lowest BCUT2D eigenvalue weighted by atomic mass is 10.1. The molecule has 1 aromatic heterocycles. The Morgan fingerprint density at radius 2 is 1.73 bits per heavy atom. The molecular formula is C21H24N4O. The smallest absolute Gasteiger partial charge is 0.230 e. The first-order chi connectivity index (χ1) is 12.8. The number of aromatic hydroxyl groups is 1. The van der Waals surface area contributed by atoms with Crippen LogP contribution in [-0.4, -0.2) is 45.4 Å². The van der Waals surface area contributed by atoms with Crippen molar-refractivity contribution < 1.29 is 5.11 Å². The summed E-state index contributed by atoms with van der Waals surface area (Å²) in [6.45, 7) is 4.25. The molecule has 0 bridgehead atoms. The molecule has 1 aliphatic rings. The largest absolute Gasteiger partial charge is 0.507 e.